The highest BCUT2D eigenvalue weighted by Crippen LogP contribution is 2.57. The average molecular weight is 744 g/mol. The van der Waals surface area contributed by atoms with E-state index in [1.807, 2.05) is 48.5 Å². The Morgan fingerprint density at radius 3 is 2.30 bits per heavy atom. The molecule has 1 heterocycles. The first-order chi connectivity index (χ1) is 22.1. The fourth-order valence-electron chi connectivity index (χ4n) is 7.35. The third kappa shape index (κ3) is 4.69. The number of rotatable bonds is 5. The fourth-order valence-corrected chi connectivity index (χ4v) is 8.31. The van der Waals surface area contributed by atoms with Crippen LogP contribution in [0.25, 0.3) is 0 Å². The zero-order valence-corrected chi connectivity index (χ0v) is 28.0. The number of halogens is 2. The lowest BCUT2D eigenvalue weighted by atomic mass is 9.59. The number of phenolic OH excluding ortho intramolecular Hbond substituents is 1. The number of benzene rings is 3. The van der Waals surface area contributed by atoms with Crippen molar-refractivity contribution in [2.24, 2.45) is 17.8 Å². The number of amides is 2. The second kappa shape index (κ2) is 11.5. The largest absolute Gasteiger partial charge is 0.503 e. The molecule has 8 nitrogen and oxygen atoms in total. The van der Waals surface area contributed by atoms with Crippen molar-refractivity contribution in [3.8, 4) is 11.5 Å². The SMILES string of the molecule is COc1cc([C@H]2C3=CC[C@@H]4C(=O)N(c5ccc(Nc6ccccc6)cc5)C(=O)[C@@H]4[C@@H]3CC3=C2C(=O)C=C(C)C3=O)c(Br)c(Br)c1O. The first-order valence-corrected chi connectivity index (χ1v) is 16.4. The van der Waals surface area contributed by atoms with Crippen molar-refractivity contribution in [2.45, 2.75) is 25.7 Å². The number of ketones is 2. The van der Waals surface area contributed by atoms with Crippen LogP contribution in [-0.2, 0) is 19.2 Å². The Labute approximate surface area is 282 Å². The van der Waals surface area contributed by atoms with Crippen molar-refractivity contribution >= 4 is 72.3 Å². The van der Waals surface area contributed by atoms with E-state index in [4.69, 9.17) is 4.74 Å². The summed E-state index contributed by atoms with van der Waals surface area (Å²) in [4.78, 5) is 56.7. The molecule has 2 amide bonds. The molecule has 4 aliphatic rings. The highest BCUT2D eigenvalue weighted by atomic mass is 79.9. The third-order valence-corrected chi connectivity index (χ3v) is 11.6. The van der Waals surface area contributed by atoms with Gasteiger partial charge in [0.1, 0.15) is 0 Å². The molecule has 7 rings (SSSR count). The molecular formula is C36H28Br2N2O6. The molecule has 0 spiro atoms. The summed E-state index contributed by atoms with van der Waals surface area (Å²) in [5.41, 5.74) is 4.68. The molecule has 0 radical (unpaired) electrons. The van der Waals surface area contributed by atoms with Gasteiger partial charge in [0.15, 0.2) is 23.1 Å². The van der Waals surface area contributed by atoms with Gasteiger partial charge < -0.3 is 15.2 Å². The van der Waals surface area contributed by atoms with Gasteiger partial charge in [-0.3, -0.25) is 24.1 Å². The first kappa shape index (κ1) is 30.4. The van der Waals surface area contributed by atoms with Gasteiger partial charge in [0.05, 0.1) is 29.1 Å². The summed E-state index contributed by atoms with van der Waals surface area (Å²) in [6.07, 6.45) is 3.82. The van der Waals surface area contributed by atoms with Crippen molar-refractivity contribution in [3.63, 3.8) is 0 Å². The lowest BCUT2D eigenvalue weighted by Crippen LogP contribution is -2.40. The molecule has 1 fully saturated rings. The predicted molar refractivity (Wildman–Crippen MR) is 180 cm³/mol. The first-order valence-electron chi connectivity index (χ1n) is 14.9. The molecule has 46 heavy (non-hydrogen) atoms. The Bertz CT molecular complexity index is 1950. The number of methoxy groups -OCH3 is 1. The molecule has 3 aromatic rings. The van der Waals surface area contributed by atoms with Crippen LogP contribution < -0.4 is 15.0 Å². The quantitative estimate of drug-likeness (QED) is 0.160. The van der Waals surface area contributed by atoms with Crippen molar-refractivity contribution in [3.05, 3.63) is 110 Å². The van der Waals surface area contributed by atoms with E-state index in [1.54, 1.807) is 25.1 Å². The zero-order chi connectivity index (χ0) is 32.4. The number of carbonyl (C=O) groups excluding carboxylic acids is 4. The number of nitrogens with zero attached hydrogens (tertiary/aromatic N) is 1. The van der Waals surface area contributed by atoms with Gasteiger partial charge in [0.25, 0.3) is 0 Å². The molecule has 1 aliphatic heterocycles. The van der Waals surface area contributed by atoms with E-state index in [0.717, 1.165) is 16.9 Å². The van der Waals surface area contributed by atoms with Crippen LogP contribution >= 0.6 is 31.9 Å². The molecule has 0 unspecified atom stereocenters. The Hall–Kier alpha value is -4.28. The molecule has 0 bridgehead atoms. The number of para-hydroxylation sites is 1. The van der Waals surface area contributed by atoms with Gasteiger partial charge in [-0.15, -0.1) is 0 Å². The van der Waals surface area contributed by atoms with Crippen molar-refractivity contribution in [2.75, 3.05) is 17.3 Å². The lowest BCUT2D eigenvalue weighted by molar-refractivity contribution is -0.123. The van der Waals surface area contributed by atoms with Gasteiger partial charge in [0, 0.05) is 38.5 Å². The molecule has 0 saturated carbocycles. The molecule has 1 saturated heterocycles. The standard InChI is InChI=1S/C36H28Br2N2O6/c1-17-14-26(41)30-25(33(17)42)15-23-21(28(30)24-16-27(46-2)34(43)32(38)31(24)37)12-13-22-29(23)36(45)40(35(22)44)20-10-8-19(9-11-20)39-18-6-4-3-5-7-18/h3-12,14,16,22-23,28-29,39,43H,13,15H2,1-2H3/t22-,23+,28+,29-/m0/s1. The van der Waals surface area contributed by atoms with E-state index in [-0.39, 0.29) is 41.3 Å². The molecule has 10 heteroatoms. The van der Waals surface area contributed by atoms with Crippen molar-refractivity contribution in [1.29, 1.82) is 0 Å². The van der Waals surface area contributed by atoms with Crippen LogP contribution in [0.3, 0.4) is 0 Å². The number of phenols is 1. The topological polar surface area (TPSA) is 113 Å². The number of imide groups is 1. The zero-order valence-electron chi connectivity index (χ0n) is 24.8. The molecule has 2 N–H and O–H groups in total. The van der Waals surface area contributed by atoms with Crippen LogP contribution in [0, 0.1) is 17.8 Å². The second-order valence-corrected chi connectivity index (χ2v) is 13.5. The molecule has 4 atom stereocenters. The van der Waals surface area contributed by atoms with Gasteiger partial charge in [0.2, 0.25) is 11.8 Å². The third-order valence-electron chi connectivity index (χ3n) is 9.46. The summed E-state index contributed by atoms with van der Waals surface area (Å²) >= 11 is 7.03. The number of carbonyl (C=O) groups is 4. The summed E-state index contributed by atoms with van der Waals surface area (Å²) in [7, 11) is 1.43. The molecule has 3 aliphatic carbocycles. The van der Waals surface area contributed by atoms with Crippen molar-refractivity contribution < 1.29 is 29.0 Å². The fraction of sp³-hybridized carbons (Fsp3) is 0.222. The number of Topliss-reactive ketones (excluding diaryl/α,β-unsaturated/α-hetero) is 1. The molecule has 0 aromatic heterocycles. The highest BCUT2D eigenvalue weighted by molar-refractivity contribution is 9.13. The second-order valence-electron chi connectivity index (χ2n) is 11.9. The van der Waals surface area contributed by atoms with Crippen LogP contribution in [0.2, 0.25) is 0 Å². The van der Waals surface area contributed by atoms with E-state index in [9.17, 15) is 24.3 Å². The van der Waals surface area contributed by atoms with Gasteiger partial charge >= 0.3 is 0 Å². The Morgan fingerprint density at radius 1 is 0.913 bits per heavy atom. The number of aromatic hydroxyl groups is 1. The van der Waals surface area contributed by atoms with Gasteiger partial charge in [-0.05, 0) is 112 Å². The van der Waals surface area contributed by atoms with E-state index >= 15 is 0 Å². The number of fused-ring (bicyclic) bond motifs is 3. The molecular weight excluding hydrogens is 716 g/mol. The van der Waals surface area contributed by atoms with Crippen LogP contribution in [0.15, 0.2) is 104 Å². The number of allylic oxidation sites excluding steroid dienone is 6. The van der Waals surface area contributed by atoms with Crippen LogP contribution in [0.4, 0.5) is 17.1 Å². The Kier molecular flexibility index (Phi) is 7.60. The minimum Gasteiger partial charge on any atom is -0.503 e. The highest BCUT2D eigenvalue weighted by Gasteiger charge is 2.57. The maximum absolute atomic E-state index is 14.3. The minimum absolute atomic E-state index is 0.114. The van der Waals surface area contributed by atoms with E-state index in [0.29, 0.717) is 43.3 Å². The van der Waals surface area contributed by atoms with Crippen LogP contribution in [0.1, 0.15) is 31.2 Å². The molecule has 3 aromatic carbocycles. The van der Waals surface area contributed by atoms with Gasteiger partial charge in [-0.2, -0.15) is 0 Å². The number of ether oxygens (including phenoxy) is 1. The number of hydrogen-bond acceptors (Lipinski definition) is 7. The minimum atomic E-state index is -0.707. The summed E-state index contributed by atoms with van der Waals surface area (Å²) in [6.45, 7) is 1.62. The Balaban J connectivity index is 1.29. The normalized spacial score (nSPS) is 23.9. The lowest BCUT2D eigenvalue weighted by Gasteiger charge is -2.42. The van der Waals surface area contributed by atoms with Gasteiger partial charge in [-0.1, -0.05) is 29.8 Å². The summed E-state index contributed by atoms with van der Waals surface area (Å²) in [5.74, 6) is -3.52. The molecule has 232 valence electrons. The summed E-state index contributed by atoms with van der Waals surface area (Å²) in [6, 6.07) is 18.5. The van der Waals surface area contributed by atoms with E-state index in [2.05, 4.69) is 37.2 Å². The van der Waals surface area contributed by atoms with Crippen molar-refractivity contribution in [1.82, 2.24) is 0 Å². The van der Waals surface area contributed by atoms with E-state index < -0.39 is 23.7 Å². The van der Waals surface area contributed by atoms with Crippen LogP contribution in [0.5, 0.6) is 11.5 Å². The summed E-state index contributed by atoms with van der Waals surface area (Å²) in [5, 5.41) is 14.0. The summed E-state index contributed by atoms with van der Waals surface area (Å²) < 4.78 is 6.28. The smallest absolute Gasteiger partial charge is 0.238 e. The average Bonchev–Trinajstić information content (AvgIpc) is 3.32. The van der Waals surface area contributed by atoms with Gasteiger partial charge in [-0.25, -0.2) is 0 Å². The number of hydrogen-bond donors (Lipinski definition) is 2. The number of nitrogens with one attached hydrogen (secondary N) is 1. The maximum Gasteiger partial charge on any atom is 0.238 e. The number of anilines is 3. The monoisotopic (exact) mass is 742 g/mol. The van der Waals surface area contributed by atoms with E-state index in [1.165, 1.54) is 18.1 Å². The predicted octanol–water partition coefficient (Wildman–Crippen LogP) is 7.30. The maximum atomic E-state index is 14.3. The van der Waals surface area contributed by atoms with Crippen LogP contribution in [-0.4, -0.2) is 35.6 Å². The Morgan fingerprint density at radius 2 is 1.61 bits per heavy atom.